The lowest BCUT2D eigenvalue weighted by Gasteiger charge is -2.30. The second kappa shape index (κ2) is 12.9. The zero-order valence-corrected chi connectivity index (χ0v) is 23.6. The van der Waals surface area contributed by atoms with Crippen LogP contribution < -0.4 is 9.64 Å². The van der Waals surface area contributed by atoms with Crippen LogP contribution in [0.25, 0.3) is 16.9 Å². The summed E-state index contributed by atoms with van der Waals surface area (Å²) in [6.07, 6.45) is 2.58. The van der Waals surface area contributed by atoms with Gasteiger partial charge in [-0.05, 0) is 63.1 Å². The van der Waals surface area contributed by atoms with E-state index in [1.54, 1.807) is 30.3 Å². The number of hydrogen-bond acceptors (Lipinski definition) is 8. The van der Waals surface area contributed by atoms with Gasteiger partial charge in [-0.1, -0.05) is 12.1 Å². The molecule has 0 bridgehead atoms. The summed E-state index contributed by atoms with van der Waals surface area (Å²) in [5.41, 5.74) is 0.988. The molecule has 1 aromatic carbocycles. The van der Waals surface area contributed by atoms with Crippen molar-refractivity contribution < 1.29 is 27.4 Å². The van der Waals surface area contributed by atoms with Gasteiger partial charge in [-0.15, -0.1) is 0 Å². The lowest BCUT2D eigenvalue weighted by Crippen LogP contribution is -2.37. The number of Topliss-reactive ketones (excluding diaryl/α,β-unsaturated/α-hetero) is 1. The minimum Gasteiger partial charge on any atom is -0.474 e. The quantitative estimate of drug-likeness (QED) is 0.331. The molecule has 0 N–H and O–H groups in total. The van der Waals surface area contributed by atoms with Crippen molar-refractivity contribution in [3.63, 3.8) is 0 Å². The smallest absolute Gasteiger partial charge is 0.296 e. The topological polar surface area (TPSA) is 85.6 Å². The number of nitrogens with zero attached hydrogens (tertiary/aromatic N) is 6. The second-order valence-corrected chi connectivity index (χ2v) is 11.5. The highest BCUT2D eigenvalue weighted by atomic mass is 19.3. The number of hydrogen-bond donors (Lipinski definition) is 0. The summed E-state index contributed by atoms with van der Waals surface area (Å²) < 4.78 is 54.7. The fraction of sp³-hybridized carbons (Fsp3) is 0.600. The van der Waals surface area contributed by atoms with Crippen LogP contribution in [0.2, 0.25) is 0 Å². The molecule has 0 unspecified atom stereocenters. The highest BCUT2D eigenvalue weighted by molar-refractivity contribution is 5.80. The Hall–Kier alpha value is -3.25. The van der Waals surface area contributed by atoms with Gasteiger partial charge in [0.15, 0.2) is 5.82 Å². The van der Waals surface area contributed by atoms with Crippen molar-refractivity contribution in [2.24, 2.45) is 5.92 Å². The molecule has 226 valence electrons. The molecule has 0 spiro atoms. The SMILES string of the molecule is O=C(CC1CCC(Oc2cc(-n3c(C(F)F)nc4ccccc43)nc(N3CCOCC3)n2)CC1)CN1CCC[C@H]1CF. The zero-order chi connectivity index (χ0) is 29.1. The number of rotatable bonds is 10. The summed E-state index contributed by atoms with van der Waals surface area (Å²) in [6, 6.07) is 8.49. The lowest BCUT2D eigenvalue weighted by atomic mass is 9.84. The van der Waals surface area contributed by atoms with Crippen molar-refractivity contribution in [3.8, 4) is 11.7 Å². The Morgan fingerprint density at radius 3 is 2.57 bits per heavy atom. The van der Waals surface area contributed by atoms with E-state index >= 15 is 0 Å². The molecule has 2 saturated heterocycles. The number of ketones is 1. The molecule has 2 aromatic heterocycles. The number of aromatic nitrogens is 4. The number of likely N-dealkylation sites (tertiary alicyclic amines) is 1. The third kappa shape index (κ3) is 6.39. The minimum atomic E-state index is -2.80. The monoisotopic (exact) mass is 586 g/mol. The van der Waals surface area contributed by atoms with E-state index < -0.39 is 13.1 Å². The summed E-state index contributed by atoms with van der Waals surface area (Å²) in [5.74, 6) is 1.07. The molecule has 1 atom stereocenters. The summed E-state index contributed by atoms with van der Waals surface area (Å²) in [7, 11) is 0. The maximum Gasteiger partial charge on any atom is 0.296 e. The predicted octanol–water partition coefficient (Wildman–Crippen LogP) is 4.92. The van der Waals surface area contributed by atoms with Crippen LogP contribution in [-0.2, 0) is 9.53 Å². The van der Waals surface area contributed by atoms with E-state index in [4.69, 9.17) is 9.47 Å². The average molecular weight is 587 g/mol. The van der Waals surface area contributed by atoms with Gasteiger partial charge in [-0.2, -0.15) is 9.97 Å². The fourth-order valence-corrected chi connectivity index (χ4v) is 6.43. The van der Waals surface area contributed by atoms with E-state index in [0.29, 0.717) is 62.1 Å². The van der Waals surface area contributed by atoms with Crippen LogP contribution in [0.3, 0.4) is 0 Å². The number of fused-ring (bicyclic) bond motifs is 1. The van der Waals surface area contributed by atoms with Crippen LogP contribution >= 0.6 is 0 Å². The van der Waals surface area contributed by atoms with E-state index in [0.717, 1.165) is 45.1 Å². The van der Waals surface area contributed by atoms with Crippen LogP contribution in [-0.4, -0.2) is 88.4 Å². The van der Waals surface area contributed by atoms with Gasteiger partial charge in [0, 0.05) is 31.6 Å². The molecule has 0 radical (unpaired) electrons. The number of alkyl halides is 3. The molecule has 1 saturated carbocycles. The molecule has 3 aromatic rings. The van der Waals surface area contributed by atoms with E-state index in [9.17, 15) is 18.0 Å². The molecule has 42 heavy (non-hydrogen) atoms. The molecule has 12 heteroatoms. The van der Waals surface area contributed by atoms with E-state index in [1.165, 1.54) is 4.57 Å². The van der Waals surface area contributed by atoms with Crippen LogP contribution in [0.15, 0.2) is 30.3 Å². The first-order valence-electron chi connectivity index (χ1n) is 14.9. The van der Waals surface area contributed by atoms with Crippen LogP contribution in [0.5, 0.6) is 5.88 Å². The van der Waals surface area contributed by atoms with Gasteiger partial charge in [-0.3, -0.25) is 14.3 Å². The van der Waals surface area contributed by atoms with Crippen molar-refractivity contribution >= 4 is 22.8 Å². The number of imidazole rings is 1. The molecule has 3 fully saturated rings. The fourth-order valence-electron chi connectivity index (χ4n) is 6.43. The van der Waals surface area contributed by atoms with Gasteiger partial charge in [0.1, 0.15) is 24.4 Å². The minimum absolute atomic E-state index is 0.111. The Bertz CT molecular complexity index is 1370. The van der Waals surface area contributed by atoms with Gasteiger partial charge in [0.2, 0.25) is 11.8 Å². The van der Waals surface area contributed by atoms with Crippen molar-refractivity contribution in [1.29, 1.82) is 0 Å². The largest absolute Gasteiger partial charge is 0.474 e. The predicted molar refractivity (Wildman–Crippen MR) is 151 cm³/mol. The van der Waals surface area contributed by atoms with Gasteiger partial charge < -0.3 is 14.4 Å². The van der Waals surface area contributed by atoms with Gasteiger partial charge in [-0.25, -0.2) is 18.2 Å². The number of carbonyl (C=O) groups is 1. The standard InChI is InChI=1S/C30H37F3N6O3/c31-18-21-4-3-11-38(21)19-22(40)16-20-7-9-23(10-8-20)42-27-17-26(35-30(36-27)37-12-14-41-15-13-37)39-25-6-2-1-5-24(25)34-29(39)28(32)33/h1-2,5-6,17,20-21,23,28H,3-4,7-16,18-19H2/t20?,21-,23?/m0/s1. The van der Waals surface area contributed by atoms with Gasteiger partial charge in [0.25, 0.3) is 6.43 Å². The zero-order valence-electron chi connectivity index (χ0n) is 23.6. The number of morpholine rings is 1. The molecule has 4 heterocycles. The average Bonchev–Trinajstić information content (AvgIpc) is 3.63. The first kappa shape index (κ1) is 28.9. The third-order valence-corrected chi connectivity index (χ3v) is 8.64. The molecule has 9 nitrogen and oxygen atoms in total. The highest BCUT2D eigenvalue weighted by Gasteiger charge is 2.30. The molecule has 0 amide bonds. The molecule has 1 aliphatic carbocycles. The van der Waals surface area contributed by atoms with Gasteiger partial charge in [0.05, 0.1) is 30.8 Å². The van der Waals surface area contributed by atoms with Crippen molar-refractivity contribution in [2.45, 2.75) is 63.5 Å². The first-order chi connectivity index (χ1) is 20.5. The summed E-state index contributed by atoms with van der Waals surface area (Å²) in [6.45, 7) is 2.94. The Kier molecular flexibility index (Phi) is 8.89. The Morgan fingerprint density at radius 1 is 1.02 bits per heavy atom. The molecule has 3 aliphatic rings. The summed E-state index contributed by atoms with van der Waals surface area (Å²) in [4.78, 5) is 30.2. The Labute approximate surface area is 243 Å². The second-order valence-electron chi connectivity index (χ2n) is 11.5. The summed E-state index contributed by atoms with van der Waals surface area (Å²) in [5, 5.41) is 0. The maximum absolute atomic E-state index is 14.1. The summed E-state index contributed by atoms with van der Waals surface area (Å²) >= 11 is 0. The first-order valence-corrected chi connectivity index (χ1v) is 14.9. The third-order valence-electron chi connectivity index (χ3n) is 8.64. The van der Waals surface area contributed by atoms with Crippen molar-refractivity contribution in [2.75, 3.05) is 51.0 Å². The molecule has 6 rings (SSSR count). The number of benzene rings is 1. The maximum atomic E-state index is 14.1. The van der Waals surface area contributed by atoms with Crippen LogP contribution in [0, 0.1) is 5.92 Å². The highest BCUT2D eigenvalue weighted by Crippen LogP contribution is 2.33. The number of ether oxygens (including phenoxy) is 2. The van der Waals surface area contributed by atoms with Crippen molar-refractivity contribution in [3.05, 3.63) is 36.2 Å². The van der Waals surface area contributed by atoms with E-state index in [-0.39, 0.29) is 35.5 Å². The number of halogens is 3. The van der Waals surface area contributed by atoms with Crippen molar-refractivity contribution in [1.82, 2.24) is 24.4 Å². The molecular weight excluding hydrogens is 549 g/mol. The number of anilines is 1. The normalized spacial score (nSPS) is 23.6. The Morgan fingerprint density at radius 2 is 1.81 bits per heavy atom. The Balaban J connectivity index is 1.17. The molecule has 2 aliphatic heterocycles. The van der Waals surface area contributed by atoms with E-state index in [1.807, 2.05) is 9.80 Å². The van der Waals surface area contributed by atoms with Crippen LogP contribution in [0.1, 0.15) is 57.2 Å². The molecular formula is C30H37F3N6O3. The van der Waals surface area contributed by atoms with Gasteiger partial charge >= 0.3 is 0 Å². The van der Waals surface area contributed by atoms with Crippen LogP contribution in [0.4, 0.5) is 19.1 Å². The number of para-hydroxylation sites is 2. The lowest BCUT2D eigenvalue weighted by molar-refractivity contribution is -0.121. The van der Waals surface area contributed by atoms with E-state index in [2.05, 4.69) is 15.0 Å². The number of carbonyl (C=O) groups excluding carboxylic acids is 1.